The molecular weight excluding hydrogens is 367 g/mol. The lowest BCUT2D eigenvalue weighted by molar-refractivity contribution is -0.115. The molecule has 1 aromatic heterocycles. The van der Waals surface area contributed by atoms with Crippen LogP contribution in [-0.2, 0) is 17.0 Å². The highest BCUT2D eigenvalue weighted by Gasteiger charge is 2.20. The first-order valence-corrected chi connectivity index (χ1v) is 10.2. The first-order valence-electron chi connectivity index (χ1n) is 8.30. The van der Waals surface area contributed by atoms with Gasteiger partial charge in [0, 0.05) is 23.0 Å². The normalized spacial score (nSPS) is 10.7. The number of anilines is 2. The number of thiazole rings is 1. The number of halogens is 1. The van der Waals surface area contributed by atoms with E-state index in [1.807, 2.05) is 35.7 Å². The zero-order chi connectivity index (χ0) is 18.5. The number of aromatic nitrogens is 1. The van der Waals surface area contributed by atoms with Crippen molar-refractivity contribution < 1.29 is 9.18 Å². The van der Waals surface area contributed by atoms with E-state index < -0.39 is 0 Å². The third-order valence-corrected chi connectivity index (χ3v) is 5.83. The van der Waals surface area contributed by atoms with Gasteiger partial charge in [0.2, 0.25) is 5.91 Å². The molecule has 0 saturated heterocycles. The van der Waals surface area contributed by atoms with Crippen molar-refractivity contribution in [1.82, 2.24) is 4.98 Å². The van der Waals surface area contributed by atoms with Crippen molar-refractivity contribution in [2.24, 2.45) is 0 Å². The summed E-state index contributed by atoms with van der Waals surface area (Å²) in [4.78, 5) is 19.1. The molecule has 0 spiro atoms. The second-order valence-electron chi connectivity index (χ2n) is 5.68. The molecule has 0 atom stereocenters. The molecule has 3 rings (SSSR count). The van der Waals surface area contributed by atoms with Gasteiger partial charge in [0.15, 0.2) is 5.13 Å². The Bertz CT molecular complexity index is 910. The highest BCUT2D eigenvalue weighted by atomic mass is 32.2. The highest BCUT2D eigenvalue weighted by Crippen LogP contribution is 2.33. The van der Waals surface area contributed by atoms with Crippen LogP contribution in [0, 0.1) is 5.82 Å². The maximum Gasteiger partial charge on any atom is 0.230 e. The number of para-hydroxylation sites is 1. The third-order valence-electron chi connectivity index (χ3n) is 3.87. The molecule has 0 aliphatic carbocycles. The van der Waals surface area contributed by atoms with Gasteiger partial charge in [-0.05, 0) is 30.2 Å². The van der Waals surface area contributed by atoms with Gasteiger partial charge in [-0.25, -0.2) is 9.37 Å². The van der Waals surface area contributed by atoms with E-state index in [1.54, 1.807) is 24.0 Å². The Morgan fingerprint density at radius 1 is 1.19 bits per heavy atom. The first-order chi connectivity index (χ1) is 12.6. The summed E-state index contributed by atoms with van der Waals surface area (Å²) < 4.78 is 13.7. The number of carbonyl (C=O) groups is 1. The minimum absolute atomic E-state index is 0.0754. The summed E-state index contributed by atoms with van der Waals surface area (Å²) in [6.45, 7) is 3.61. The molecular formula is C20H19FN2OS2. The van der Waals surface area contributed by atoms with Gasteiger partial charge in [-0.1, -0.05) is 37.3 Å². The summed E-state index contributed by atoms with van der Waals surface area (Å²) in [5.74, 6) is 0.252. The quantitative estimate of drug-likeness (QED) is 0.500. The number of carbonyl (C=O) groups excluding carboxylic acids is 1. The van der Waals surface area contributed by atoms with Crippen molar-refractivity contribution >= 4 is 39.8 Å². The van der Waals surface area contributed by atoms with Crippen molar-refractivity contribution in [3.63, 3.8) is 0 Å². The topological polar surface area (TPSA) is 33.2 Å². The summed E-state index contributed by atoms with van der Waals surface area (Å²) in [6.07, 6.45) is 0.835. The Morgan fingerprint density at radius 3 is 2.65 bits per heavy atom. The summed E-state index contributed by atoms with van der Waals surface area (Å²) in [5.41, 5.74) is 2.80. The van der Waals surface area contributed by atoms with E-state index in [1.165, 1.54) is 29.2 Å². The van der Waals surface area contributed by atoms with Crippen molar-refractivity contribution in [3.05, 3.63) is 71.0 Å². The number of rotatable bonds is 6. The Morgan fingerprint density at radius 2 is 1.92 bits per heavy atom. The van der Waals surface area contributed by atoms with Gasteiger partial charge in [-0.15, -0.1) is 23.1 Å². The fourth-order valence-electron chi connectivity index (χ4n) is 2.61. The number of hydrogen-bond acceptors (Lipinski definition) is 4. The van der Waals surface area contributed by atoms with Crippen molar-refractivity contribution in [2.45, 2.75) is 30.9 Å². The number of thioether (sulfide) groups is 1. The molecule has 0 radical (unpaired) electrons. The minimum atomic E-state index is -0.227. The van der Waals surface area contributed by atoms with Gasteiger partial charge < -0.3 is 0 Å². The van der Waals surface area contributed by atoms with E-state index in [0.717, 1.165) is 23.4 Å². The van der Waals surface area contributed by atoms with Gasteiger partial charge >= 0.3 is 0 Å². The molecule has 6 heteroatoms. The second-order valence-corrected chi connectivity index (χ2v) is 7.53. The van der Waals surface area contributed by atoms with Gasteiger partial charge in [0.05, 0.1) is 11.4 Å². The predicted molar refractivity (Wildman–Crippen MR) is 107 cm³/mol. The van der Waals surface area contributed by atoms with Crippen LogP contribution in [-0.4, -0.2) is 10.9 Å². The lowest BCUT2D eigenvalue weighted by Crippen LogP contribution is -2.23. The Balaban J connectivity index is 1.82. The number of benzene rings is 2. The van der Waals surface area contributed by atoms with Crippen LogP contribution in [0.25, 0.3) is 0 Å². The Labute approximate surface area is 160 Å². The molecule has 0 bridgehead atoms. The van der Waals surface area contributed by atoms with E-state index >= 15 is 0 Å². The van der Waals surface area contributed by atoms with Crippen molar-refractivity contribution in [1.29, 1.82) is 0 Å². The SMILES string of the molecule is CCc1ccccc1N(C(C)=O)c1nc(CSc2ccccc2F)cs1. The van der Waals surface area contributed by atoms with E-state index in [9.17, 15) is 9.18 Å². The number of nitrogens with zero attached hydrogens (tertiary/aromatic N) is 2. The molecule has 26 heavy (non-hydrogen) atoms. The minimum Gasteiger partial charge on any atom is -0.274 e. The Kier molecular flexibility index (Phi) is 6.06. The predicted octanol–water partition coefficient (Wildman–Crippen LogP) is 5.82. The van der Waals surface area contributed by atoms with Crippen molar-refractivity contribution in [2.75, 3.05) is 4.90 Å². The molecule has 2 aromatic carbocycles. The zero-order valence-electron chi connectivity index (χ0n) is 14.6. The van der Waals surface area contributed by atoms with E-state index in [4.69, 9.17) is 0 Å². The monoisotopic (exact) mass is 386 g/mol. The molecule has 0 N–H and O–H groups in total. The fraction of sp³-hybridized carbons (Fsp3) is 0.200. The largest absolute Gasteiger partial charge is 0.274 e. The van der Waals surface area contributed by atoms with Crippen LogP contribution in [0.3, 0.4) is 0 Å². The first kappa shape index (κ1) is 18.6. The molecule has 3 aromatic rings. The fourth-order valence-corrected chi connectivity index (χ4v) is 4.43. The smallest absolute Gasteiger partial charge is 0.230 e. The second kappa shape index (κ2) is 8.47. The Hall–Kier alpha value is -2.18. The standard InChI is InChI=1S/C20H19FN2OS2/c1-3-15-8-4-6-10-18(15)23(14(2)24)20-22-16(13-26-20)12-25-19-11-7-5-9-17(19)21/h4-11,13H,3,12H2,1-2H3. The lowest BCUT2D eigenvalue weighted by Gasteiger charge is -2.20. The number of aryl methyl sites for hydroxylation is 1. The van der Waals surface area contributed by atoms with Crippen LogP contribution in [0.2, 0.25) is 0 Å². The van der Waals surface area contributed by atoms with E-state index in [0.29, 0.717) is 15.8 Å². The third kappa shape index (κ3) is 4.14. The molecule has 0 aliphatic rings. The summed E-state index contributed by atoms with van der Waals surface area (Å²) in [5, 5.41) is 2.57. The molecule has 1 heterocycles. The molecule has 0 fully saturated rings. The lowest BCUT2D eigenvalue weighted by atomic mass is 10.1. The molecule has 1 amide bonds. The molecule has 134 valence electrons. The molecule has 0 saturated carbocycles. The van der Waals surface area contributed by atoms with Gasteiger partial charge in [-0.3, -0.25) is 9.69 Å². The highest BCUT2D eigenvalue weighted by molar-refractivity contribution is 7.98. The van der Waals surface area contributed by atoms with Crippen molar-refractivity contribution in [3.8, 4) is 0 Å². The van der Waals surface area contributed by atoms with Gasteiger partial charge in [0.1, 0.15) is 5.82 Å². The van der Waals surface area contributed by atoms with Crippen LogP contribution in [0.1, 0.15) is 25.1 Å². The molecule has 0 aliphatic heterocycles. The number of amides is 1. The van der Waals surface area contributed by atoms with Crippen LogP contribution < -0.4 is 4.90 Å². The van der Waals surface area contributed by atoms with Gasteiger partial charge in [0.25, 0.3) is 0 Å². The van der Waals surface area contributed by atoms with Crippen LogP contribution in [0.15, 0.2) is 58.8 Å². The van der Waals surface area contributed by atoms with Crippen LogP contribution in [0.5, 0.6) is 0 Å². The van der Waals surface area contributed by atoms with Crippen LogP contribution >= 0.6 is 23.1 Å². The molecule has 0 unspecified atom stereocenters. The van der Waals surface area contributed by atoms with E-state index in [-0.39, 0.29) is 11.7 Å². The summed E-state index contributed by atoms with van der Waals surface area (Å²) in [6, 6.07) is 14.6. The maximum absolute atomic E-state index is 13.7. The summed E-state index contributed by atoms with van der Waals surface area (Å²) >= 11 is 2.83. The average molecular weight is 387 g/mol. The molecule has 3 nitrogen and oxygen atoms in total. The zero-order valence-corrected chi connectivity index (χ0v) is 16.2. The maximum atomic E-state index is 13.7. The average Bonchev–Trinajstić information content (AvgIpc) is 3.10. The summed E-state index contributed by atoms with van der Waals surface area (Å²) in [7, 11) is 0. The van der Waals surface area contributed by atoms with Gasteiger partial charge in [-0.2, -0.15) is 0 Å². The van der Waals surface area contributed by atoms with E-state index in [2.05, 4.69) is 11.9 Å². The van der Waals surface area contributed by atoms with Crippen LogP contribution in [0.4, 0.5) is 15.2 Å². The number of hydrogen-bond donors (Lipinski definition) is 0.